The molecule has 0 aliphatic rings. The molecule has 1 amide bonds. The fourth-order valence-corrected chi connectivity index (χ4v) is 1.72. The normalized spacial score (nSPS) is 12.8. The zero-order valence-corrected chi connectivity index (χ0v) is 12.2. The van der Waals surface area contributed by atoms with Crippen LogP contribution in [0.25, 0.3) is 0 Å². The van der Waals surface area contributed by atoms with Crippen LogP contribution in [0, 0.1) is 5.92 Å². The van der Waals surface area contributed by atoms with Crippen LogP contribution in [0.4, 0.5) is 0 Å². The number of ether oxygens (including phenoxy) is 1. The smallest absolute Gasteiger partial charge is 0.237 e. The van der Waals surface area contributed by atoms with Gasteiger partial charge in [-0.2, -0.15) is 11.8 Å². The van der Waals surface area contributed by atoms with E-state index in [1.165, 1.54) is 0 Å². The summed E-state index contributed by atoms with van der Waals surface area (Å²) in [5.41, 5.74) is 0. The molecule has 0 spiro atoms. The van der Waals surface area contributed by atoms with Gasteiger partial charge >= 0.3 is 0 Å². The summed E-state index contributed by atoms with van der Waals surface area (Å²) in [6, 6.07) is -0.146. The number of rotatable bonds is 10. The molecule has 0 radical (unpaired) electrons. The molecule has 0 aliphatic heterocycles. The molecule has 0 heterocycles. The molecule has 0 saturated heterocycles. The Morgan fingerprint density at radius 1 is 1.41 bits per heavy atom. The Hall–Kier alpha value is -0.260. The molecule has 0 aromatic rings. The van der Waals surface area contributed by atoms with Crippen LogP contribution in [-0.4, -0.2) is 43.8 Å². The Balaban J connectivity index is 4.00. The number of nitrogens with one attached hydrogen (secondary N) is 2. The molecular weight excluding hydrogens is 236 g/mol. The van der Waals surface area contributed by atoms with Gasteiger partial charge in [-0.1, -0.05) is 13.8 Å². The summed E-state index contributed by atoms with van der Waals surface area (Å²) in [5.74, 6) is 1.53. The Bertz CT molecular complexity index is 201. The fourth-order valence-electron chi connectivity index (χ4n) is 1.25. The van der Waals surface area contributed by atoms with E-state index in [1.54, 1.807) is 11.8 Å². The van der Waals surface area contributed by atoms with Gasteiger partial charge in [-0.3, -0.25) is 10.1 Å². The molecule has 0 fully saturated rings. The Kier molecular flexibility index (Phi) is 10.7. The van der Waals surface area contributed by atoms with Gasteiger partial charge in [0.2, 0.25) is 5.91 Å². The third-order valence-electron chi connectivity index (χ3n) is 2.25. The first-order chi connectivity index (χ1) is 8.11. The summed E-state index contributed by atoms with van der Waals surface area (Å²) in [4.78, 5) is 11.9. The standard InChI is InChI=1S/C12H26N2O2S/c1-5-16-9-14-11(6-7-17-4)12(15)13-8-10(2)3/h10-11,14H,5-9H2,1-4H3,(H,13,15). The highest BCUT2D eigenvalue weighted by atomic mass is 32.2. The molecule has 2 N–H and O–H groups in total. The first kappa shape index (κ1) is 16.7. The van der Waals surface area contributed by atoms with Crippen molar-refractivity contribution in [3.05, 3.63) is 0 Å². The van der Waals surface area contributed by atoms with E-state index in [4.69, 9.17) is 4.74 Å². The zero-order chi connectivity index (χ0) is 13.1. The summed E-state index contributed by atoms with van der Waals surface area (Å²) in [6.07, 6.45) is 2.88. The monoisotopic (exact) mass is 262 g/mol. The summed E-state index contributed by atoms with van der Waals surface area (Å²) in [6.45, 7) is 7.94. The average Bonchev–Trinajstić information content (AvgIpc) is 2.30. The number of thioether (sulfide) groups is 1. The highest BCUT2D eigenvalue weighted by Gasteiger charge is 2.16. The Morgan fingerprint density at radius 3 is 2.65 bits per heavy atom. The first-order valence-electron chi connectivity index (χ1n) is 6.19. The molecule has 1 unspecified atom stereocenters. The molecule has 0 aromatic heterocycles. The molecule has 4 nitrogen and oxygen atoms in total. The second kappa shape index (κ2) is 10.9. The molecule has 0 aromatic carbocycles. The number of hydrogen-bond donors (Lipinski definition) is 2. The van der Waals surface area contributed by atoms with Gasteiger partial charge < -0.3 is 10.1 Å². The fraction of sp³-hybridized carbons (Fsp3) is 0.917. The van der Waals surface area contributed by atoms with Gasteiger partial charge in [0.15, 0.2) is 0 Å². The lowest BCUT2D eigenvalue weighted by Crippen LogP contribution is -2.46. The third-order valence-corrected chi connectivity index (χ3v) is 2.89. The van der Waals surface area contributed by atoms with Crippen molar-refractivity contribution in [2.75, 3.05) is 31.9 Å². The second-order valence-electron chi connectivity index (χ2n) is 4.31. The van der Waals surface area contributed by atoms with E-state index >= 15 is 0 Å². The van der Waals surface area contributed by atoms with Crippen LogP contribution in [0.5, 0.6) is 0 Å². The molecule has 0 bridgehead atoms. The van der Waals surface area contributed by atoms with E-state index < -0.39 is 0 Å². The van der Waals surface area contributed by atoms with Crippen LogP contribution >= 0.6 is 11.8 Å². The minimum Gasteiger partial charge on any atom is -0.367 e. The summed E-state index contributed by atoms with van der Waals surface area (Å²) in [7, 11) is 0. The van der Waals surface area contributed by atoms with Crippen LogP contribution in [-0.2, 0) is 9.53 Å². The van der Waals surface area contributed by atoms with Crippen LogP contribution in [0.2, 0.25) is 0 Å². The van der Waals surface area contributed by atoms with Crippen molar-refractivity contribution < 1.29 is 9.53 Å². The third kappa shape index (κ3) is 9.44. The summed E-state index contributed by atoms with van der Waals surface area (Å²) in [5, 5.41) is 6.08. The molecule has 0 rings (SSSR count). The van der Waals surface area contributed by atoms with Crippen molar-refractivity contribution in [2.24, 2.45) is 5.92 Å². The van der Waals surface area contributed by atoms with Crippen molar-refractivity contribution >= 4 is 17.7 Å². The molecule has 17 heavy (non-hydrogen) atoms. The molecule has 0 saturated carbocycles. The quantitative estimate of drug-likeness (QED) is 0.462. The van der Waals surface area contributed by atoms with E-state index in [0.29, 0.717) is 19.3 Å². The van der Waals surface area contributed by atoms with E-state index in [1.807, 2.05) is 13.2 Å². The van der Waals surface area contributed by atoms with E-state index in [0.717, 1.165) is 18.7 Å². The van der Waals surface area contributed by atoms with Crippen molar-refractivity contribution in [1.82, 2.24) is 10.6 Å². The maximum absolute atomic E-state index is 11.9. The maximum Gasteiger partial charge on any atom is 0.237 e. The van der Waals surface area contributed by atoms with E-state index in [2.05, 4.69) is 24.5 Å². The zero-order valence-electron chi connectivity index (χ0n) is 11.4. The van der Waals surface area contributed by atoms with Gasteiger partial charge in [-0.15, -0.1) is 0 Å². The highest BCUT2D eigenvalue weighted by molar-refractivity contribution is 7.98. The van der Waals surface area contributed by atoms with Gasteiger partial charge in [0.05, 0.1) is 12.8 Å². The van der Waals surface area contributed by atoms with Gasteiger partial charge in [0, 0.05) is 13.2 Å². The number of carbonyl (C=O) groups excluding carboxylic acids is 1. The molecule has 1 atom stereocenters. The van der Waals surface area contributed by atoms with Crippen LogP contribution in [0.1, 0.15) is 27.2 Å². The van der Waals surface area contributed by atoms with Crippen molar-refractivity contribution in [3.8, 4) is 0 Å². The summed E-state index contributed by atoms with van der Waals surface area (Å²) < 4.78 is 5.22. The SMILES string of the molecule is CCOCNC(CCSC)C(=O)NCC(C)C. The van der Waals surface area contributed by atoms with Crippen LogP contribution in [0.15, 0.2) is 0 Å². The van der Waals surface area contributed by atoms with E-state index in [9.17, 15) is 4.79 Å². The minimum absolute atomic E-state index is 0.0763. The van der Waals surface area contributed by atoms with Gasteiger partial charge in [-0.05, 0) is 31.3 Å². The largest absolute Gasteiger partial charge is 0.367 e. The summed E-state index contributed by atoms with van der Waals surface area (Å²) >= 11 is 1.75. The lowest BCUT2D eigenvalue weighted by Gasteiger charge is -2.18. The lowest BCUT2D eigenvalue weighted by atomic mass is 10.2. The highest BCUT2D eigenvalue weighted by Crippen LogP contribution is 2.01. The maximum atomic E-state index is 11.9. The van der Waals surface area contributed by atoms with Crippen LogP contribution < -0.4 is 10.6 Å². The number of carbonyl (C=O) groups is 1. The minimum atomic E-state index is -0.146. The molecule has 102 valence electrons. The number of amides is 1. The lowest BCUT2D eigenvalue weighted by molar-refractivity contribution is -0.123. The van der Waals surface area contributed by atoms with Crippen LogP contribution in [0.3, 0.4) is 0 Å². The van der Waals surface area contributed by atoms with Crippen molar-refractivity contribution in [2.45, 2.75) is 33.2 Å². The molecule has 5 heteroatoms. The average molecular weight is 262 g/mol. The first-order valence-corrected chi connectivity index (χ1v) is 7.59. The van der Waals surface area contributed by atoms with E-state index in [-0.39, 0.29) is 11.9 Å². The Morgan fingerprint density at radius 2 is 2.12 bits per heavy atom. The van der Waals surface area contributed by atoms with Gasteiger partial charge in [0.25, 0.3) is 0 Å². The van der Waals surface area contributed by atoms with Crippen molar-refractivity contribution in [1.29, 1.82) is 0 Å². The Labute approximate surface area is 109 Å². The number of hydrogen-bond acceptors (Lipinski definition) is 4. The topological polar surface area (TPSA) is 50.4 Å². The second-order valence-corrected chi connectivity index (χ2v) is 5.30. The molecular formula is C12H26N2O2S. The predicted octanol–water partition coefficient (Wildman–Crippen LogP) is 1.46. The predicted molar refractivity (Wildman–Crippen MR) is 74.3 cm³/mol. The molecule has 0 aliphatic carbocycles. The van der Waals surface area contributed by atoms with Crippen molar-refractivity contribution in [3.63, 3.8) is 0 Å². The van der Waals surface area contributed by atoms with Gasteiger partial charge in [0.1, 0.15) is 0 Å². The van der Waals surface area contributed by atoms with Gasteiger partial charge in [-0.25, -0.2) is 0 Å².